The monoisotopic (exact) mass is 544 g/mol. The Morgan fingerprint density at radius 3 is 2.56 bits per heavy atom. The molecule has 2 atom stereocenters. The molecule has 3 rings (SSSR count). The standard InChI is InChI=1S/C29H44N4O6/c1-4-5-12-33-13-16-39-25-9-7-6-8-22(25)27(35)32-23(28(36)30-19-21-10-14-38-15-11-21)18-26(34)31-24(29(33)37)17-20(2)3/h6-9,20-21,23-24H,4-5,10-19H2,1-3H3,(H,30,36)(H,31,34)(H,32,35)/t23-,24-/m0/s1. The van der Waals surface area contributed by atoms with E-state index in [1.165, 1.54) is 0 Å². The molecule has 1 fully saturated rings. The molecule has 1 aromatic carbocycles. The quantitative estimate of drug-likeness (QED) is 0.461. The van der Waals surface area contributed by atoms with E-state index in [2.05, 4.69) is 22.9 Å². The highest BCUT2D eigenvalue weighted by molar-refractivity contribution is 6.01. The fourth-order valence-corrected chi connectivity index (χ4v) is 4.84. The Kier molecular flexibility index (Phi) is 12.0. The number of fused-ring (bicyclic) bond motifs is 1. The van der Waals surface area contributed by atoms with Crippen LogP contribution in [0.25, 0.3) is 0 Å². The predicted molar refractivity (Wildman–Crippen MR) is 147 cm³/mol. The highest BCUT2D eigenvalue weighted by Crippen LogP contribution is 2.19. The van der Waals surface area contributed by atoms with Gasteiger partial charge in [0.1, 0.15) is 24.4 Å². The van der Waals surface area contributed by atoms with Crippen LogP contribution in [0.4, 0.5) is 0 Å². The van der Waals surface area contributed by atoms with Crippen molar-refractivity contribution in [2.24, 2.45) is 11.8 Å². The van der Waals surface area contributed by atoms with Gasteiger partial charge in [-0.05, 0) is 49.7 Å². The van der Waals surface area contributed by atoms with Crippen LogP contribution in [0.5, 0.6) is 5.75 Å². The van der Waals surface area contributed by atoms with Crippen molar-refractivity contribution in [3.8, 4) is 5.75 Å². The Bertz CT molecular complexity index is 978. The van der Waals surface area contributed by atoms with Crippen molar-refractivity contribution in [1.82, 2.24) is 20.9 Å². The van der Waals surface area contributed by atoms with E-state index in [0.717, 1.165) is 25.7 Å². The summed E-state index contributed by atoms with van der Waals surface area (Å²) in [6.45, 7) is 8.86. The van der Waals surface area contributed by atoms with E-state index >= 15 is 0 Å². The smallest absolute Gasteiger partial charge is 0.255 e. The molecule has 0 spiro atoms. The Morgan fingerprint density at radius 2 is 1.85 bits per heavy atom. The van der Waals surface area contributed by atoms with Crippen molar-refractivity contribution in [2.45, 2.75) is 71.4 Å². The maximum absolute atomic E-state index is 13.6. The molecule has 39 heavy (non-hydrogen) atoms. The van der Waals surface area contributed by atoms with Crippen LogP contribution in [0.15, 0.2) is 24.3 Å². The summed E-state index contributed by atoms with van der Waals surface area (Å²) in [6.07, 6.45) is 3.60. The second-order valence-corrected chi connectivity index (χ2v) is 10.8. The van der Waals surface area contributed by atoms with Crippen LogP contribution in [0.2, 0.25) is 0 Å². The number of carbonyl (C=O) groups excluding carboxylic acids is 4. The van der Waals surface area contributed by atoms with Gasteiger partial charge < -0.3 is 30.3 Å². The fraction of sp³-hybridized carbons (Fsp3) is 0.655. The van der Waals surface area contributed by atoms with Gasteiger partial charge in [-0.25, -0.2) is 0 Å². The van der Waals surface area contributed by atoms with E-state index in [0.29, 0.717) is 45.0 Å². The number of hydrogen-bond donors (Lipinski definition) is 3. The first kappa shape index (κ1) is 30.4. The number of ether oxygens (including phenoxy) is 2. The number of carbonyl (C=O) groups is 4. The van der Waals surface area contributed by atoms with Crippen LogP contribution in [-0.2, 0) is 19.1 Å². The maximum Gasteiger partial charge on any atom is 0.255 e. The molecule has 10 nitrogen and oxygen atoms in total. The molecule has 10 heteroatoms. The average molecular weight is 545 g/mol. The zero-order valence-corrected chi connectivity index (χ0v) is 23.5. The highest BCUT2D eigenvalue weighted by atomic mass is 16.5. The summed E-state index contributed by atoms with van der Waals surface area (Å²) in [5.41, 5.74) is 0.265. The molecule has 2 aliphatic heterocycles. The van der Waals surface area contributed by atoms with Gasteiger partial charge in [-0.2, -0.15) is 0 Å². The Hall–Kier alpha value is -3.14. The molecule has 0 bridgehead atoms. The second kappa shape index (κ2) is 15.5. The molecule has 1 aromatic rings. The average Bonchev–Trinajstić information content (AvgIpc) is 2.92. The van der Waals surface area contributed by atoms with Gasteiger partial charge in [0, 0.05) is 26.3 Å². The lowest BCUT2D eigenvalue weighted by Crippen LogP contribution is -2.54. The predicted octanol–water partition coefficient (Wildman–Crippen LogP) is 2.27. The minimum Gasteiger partial charge on any atom is -0.491 e. The Morgan fingerprint density at radius 1 is 1.10 bits per heavy atom. The Balaban J connectivity index is 1.86. The third-order valence-electron chi connectivity index (χ3n) is 7.10. The molecule has 3 N–H and O–H groups in total. The van der Waals surface area contributed by atoms with Gasteiger partial charge >= 0.3 is 0 Å². The second-order valence-electron chi connectivity index (χ2n) is 10.8. The molecule has 4 amide bonds. The molecule has 0 unspecified atom stereocenters. The first-order valence-electron chi connectivity index (χ1n) is 14.2. The van der Waals surface area contributed by atoms with Crippen molar-refractivity contribution in [1.29, 1.82) is 0 Å². The number of amides is 4. The van der Waals surface area contributed by atoms with E-state index in [9.17, 15) is 19.2 Å². The van der Waals surface area contributed by atoms with Crippen molar-refractivity contribution >= 4 is 23.6 Å². The summed E-state index contributed by atoms with van der Waals surface area (Å²) in [5, 5.41) is 8.51. The van der Waals surface area contributed by atoms with Gasteiger partial charge in [-0.15, -0.1) is 0 Å². The van der Waals surface area contributed by atoms with E-state index in [1.807, 2.05) is 13.8 Å². The number of hydrogen-bond acceptors (Lipinski definition) is 6. The number of nitrogens with zero attached hydrogens (tertiary/aromatic N) is 1. The van der Waals surface area contributed by atoms with Crippen molar-refractivity contribution in [3.05, 3.63) is 29.8 Å². The molecular weight excluding hydrogens is 500 g/mol. The van der Waals surface area contributed by atoms with E-state index in [4.69, 9.17) is 9.47 Å². The van der Waals surface area contributed by atoms with Gasteiger partial charge in [0.15, 0.2) is 0 Å². The lowest BCUT2D eigenvalue weighted by molar-refractivity contribution is -0.137. The minimum atomic E-state index is -1.11. The fourth-order valence-electron chi connectivity index (χ4n) is 4.84. The van der Waals surface area contributed by atoms with Crippen LogP contribution in [0.3, 0.4) is 0 Å². The number of nitrogens with one attached hydrogen (secondary N) is 3. The summed E-state index contributed by atoms with van der Waals surface area (Å²) in [5.74, 6) is -0.762. The van der Waals surface area contributed by atoms with Crippen LogP contribution < -0.4 is 20.7 Å². The Labute approximate surface area is 231 Å². The first-order chi connectivity index (χ1) is 18.8. The van der Waals surface area contributed by atoms with E-state index in [1.54, 1.807) is 29.2 Å². The summed E-state index contributed by atoms with van der Waals surface area (Å²) in [4.78, 5) is 55.1. The lowest BCUT2D eigenvalue weighted by Gasteiger charge is -2.30. The first-order valence-corrected chi connectivity index (χ1v) is 14.2. The molecular formula is C29H44N4O6. The highest BCUT2D eigenvalue weighted by Gasteiger charge is 2.31. The molecule has 0 aliphatic carbocycles. The van der Waals surface area contributed by atoms with Gasteiger partial charge in [0.05, 0.1) is 18.5 Å². The largest absolute Gasteiger partial charge is 0.491 e. The number of benzene rings is 1. The van der Waals surface area contributed by atoms with Gasteiger partial charge in [0.25, 0.3) is 5.91 Å². The van der Waals surface area contributed by atoms with Crippen LogP contribution in [0, 0.1) is 11.8 Å². The molecule has 2 heterocycles. The van der Waals surface area contributed by atoms with Gasteiger partial charge in [-0.3, -0.25) is 19.2 Å². The molecule has 0 aromatic heterocycles. The minimum absolute atomic E-state index is 0.160. The summed E-state index contributed by atoms with van der Waals surface area (Å²) < 4.78 is 11.4. The maximum atomic E-state index is 13.6. The van der Waals surface area contributed by atoms with Crippen molar-refractivity contribution in [3.63, 3.8) is 0 Å². The SMILES string of the molecule is CCCCN1CCOc2ccccc2C(=O)N[C@H](C(=O)NCC2CCOCC2)CC(=O)N[C@@H](CC(C)C)C1=O. The molecule has 1 saturated heterocycles. The summed E-state index contributed by atoms with van der Waals surface area (Å²) in [7, 11) is 0. The van der Waals surface area contributed by atoms with Gasteiger partial charge in [-0.1, -0.05) is 39.3 Å². The number of unbranched alkanes of at least 4 members (excludes halogenated alkanes) is 1. The molecule has 216 valence electrons. The zero-order valence-electron chi connectivity index (χ0n) is 23.5. The summed E-state index contributed by atoms with van der Waals surface area (Å²) >= 11 is 0. The molecule has 0 saturated carbocycles. The topological polar surface area (TPSA) is 126 Å². The van der Waals surface area contributed by atoms with Gasteiger partial charge in [0.2, 0.25) is 17.7 Å². The third kappa shape index (κ3) is 9.53. The molecule has 2 aliphatic rings. The lowest BCUT2D eigenvalue weighted by atomic mass is 10.00. The van der Waals surface area contributed by atoms with Crippen LogP contribution in [-0.4, -0.2) is 80.1 Å². The summed E-state index contributed by atoms with van der Waals surface area (Å²) in [6, 6.07) is 4.94. The molecule has 0 radical (unpaired) electrons. The third-order valence-corrected chi connectivity index (χ3v) is 7.10. The van der Waals surface area contributed by atoms with Crippen LogP contribution in [0.1, 0.15) is 69.7 Å². The van der Waals surface area contributed by atoms with Crippen molar-refractivity contribution < 1.29 is 28.7 Å². The van der Waals surface area contributed by atoms with Crippen molar-refractivity contribution in [2.75, 3.05) is 39.5 Å². The van der Waals surface area contributed by atoms with E-state index in [-0.39, 0.29) is 36.3 Å². The number of para-hydroxylation sites is 1. The normalized spacial score (nSPS) is 21.8. The van der Waals surface area contributed by atoms with Crippen LogP contribution >= 0.6 is 0 Å². The van der Waals surface area contributed by atoms with E-state index < -0.39 is 29.8 Å². The zero-order chi connectivity index (χ0) is 28.2. The number of rotatable bonds is 8.